The van der Waals surface area contributed by atoms with Gasteiger partial charge in [0.05, 0.1) is 5.52 Å². The summed E-state index contributed by atoms with van der Waals surface area (Å²) >= 11 is 3.56. The Labute approximate surface area is 139 Å². The second-order valence-electron chi connectivity index (χ2n) is 6.46. The lowest BCUT2D eigenvalue weighted by molar-refractivity contribution is 0.631. The molecule has 2 nitrogen and oxygen atoms in total. The Morgan fingerprint density at radius 1 is 0.955 bits per heavy atom. The van der Waals surface area contributed by atoms with E-state index in [9.17, 15) is 0 Å². The third-order valence-corrected chi connectivity index (χ3v) is 3.85. The van der Waals surface area contributed by atoms with E-state index in [0.717, 1.165) is 21.2 Å². The topological polar surface area (TPSA) is 24.9 Å². The molecule has 112 valence electrons. The second-order valence-corrected chi connectivity index (χ2v) is 7.37. The normalized spacial score (nSPS) is 11.6. The molecule has 1 heterocycles. The van der Waals surface area contributed by atoms with E-state index in [1.807, 2.05) is 12.1 Å². The number of hydrogen-bond donors (Lipinski definition) is 1. The predicted molar refractivity (Wildman–Crippen MR) is 98.3 cm³/mol. The van der Waals surface area contributed by atoms with Crippen molar-refractivity contribution in [1.29, 1.82) is 0 Å². The fourth-order valence-corrected chi connectivity index (χ4v) is 2.86. The van der Waals surface area contributed by atoms with Crippen molar-refractivity contribution >= 4 is 32.7 Å². The van der Waals surface area contributed by atoms with E-state index >= 15 is 0 Å². The molecule has 0 aliphatic rings. The fraction of sp³-hybridized carbons (Fsp3) is 0.211. The summed E-state index contributed by atoms with van der Waals surface area (Å²) in [6, 6.07) is 18.8. The molecule has 0 unspecified atom stereocenters. The minimum Gasteiger partial charge on any atom is -0.365 e. The zero-order valence-electron chi connectivity index (χ0n) is 13.0. The van der Waals surface area contributed by atoms with E-state index in [4.69, 9.17) is 4.98 Å². The minimum atomic E-state index is -0.0238. The van der Waals surface area contributed by atoms with Crippen molar-refractivity contribution in [1.82, 2.24) is 4.98 Å². The third kappa shape index (κ3) is 3.30. The van der Waals surface area contributed by atoms with Gasteiger partial charge in [0.2, 0.25) is 0 Å². The van der Waals surface area contributed by atoms with Gasteiger partial charge in [0.1, 0.15) is 5.82 Å². The fourth-order valence-electron chi connectivity index (χ4n) is 2.50. The van der Waals surface area contributed by atoms with E-state index in [0.29, 0.717) is 0 Å². The number of aromatic nitrogens is 1. The first-order chi connectivity index (χ1) is 10.4. The molecule has 0 spiro atoms. The Morgan fingerprint density at radius 3 is 2.36 bits per heavy atom. The maximum Gasteiger partial charge on any atom is 0.127 e. The highest BCUT2D eigenvalue weighted by Crippen LogP contribution is 2.32. The van der Waals surface area contributed by atoms with Crippen molar-refractivity contribution in [3.8, 4) is 11.1 Å². The molecule has 0 atom stereocenters. The Bertz CT molecular complexity index is 805. The lowest BCUT2D eigenvalue weighted by Gasteiger charge is -2.22. The molecule has 0 bridgehead atoms. The lowest BCUT2D eigenvalue weighted by atomic mass is 10.0. The quantitative estimate of drug-likeness (QED) is 0.621. The van der Waals surface area contributed by atoms with Crippen molar-refractivity contribution < 1.29 is 0 Å². The molecule has 0 saturated heterocycles. The van der Waals surface area contributed by atoms with E-state index < -0.39 is 0 Å². The van der Waals surface area contributed by atoms with Gasteiger partial charge in [0.25, 0.3) is 0 Å². The largest absolute Gasteiger partial charge is 0.365 e. The van der Waals surface area contributed by atoms with Crippen LogP contribution in [-0.4, -0.2) is 10.5 Å². The number of fused-ring (bicyclic) bond motifs is 1. The molecule has 22 heavy (non-hydrogen) atoms. The van der Waals surface area contributed by atoms with Crippen molar-refractivity contribution in [2.75, 3.05) is 5.32 Å². The smallest absolute Gasteiger partial charge is 0.127 e. The van der Waals surface area contributed by atoms with Crippen LogP contribution < -0.4 is 5.32 Å². The number of nitrogens with zero attached hydrogens (tertiary/aromatic N) is 1. The summed E-state index contributed by atoms with van der Waals surface area (Å²) in [6.07, 6.45) is 0. The first kappa shape index (κ1) is 15.0. The number of nitrogens with one attached hydrogen (secondary N) is 1. The van der Waals surface area contributed by atoms with Crippen LogP contribution in [0.4, 0.5) is 5.82 Å². The molecule has 1 aromatic heterocycles. The van der Waals surface area contributed by atoms with Crippen LogP contribution in [0.25, 0.3) is 22.0 Å². The summed E-state index contributed by atoms with van der Waals surface area (Å²) in [7, 11) is 0. The monoisotopic (exact) mass is 354 g/mol. The van der Waals surface area contributed by atoms with Crippen LogP contribution in [0.3, 0.4) is 0 Å². The van der Waals surface area contributed by atoms with Gasteiger partial charge in [0.15, 0.2) is 0 Å². The van der Waals surface area contributed by atoms with Crippen LogP contribution in [0.15, 0.2) is 59.1 Å². The number of hydrogen-bond acceptors (Lipinski definition) is 2. The van der Waals surface area contributed by atoms with Gasteiger partial charge >= 0.3 is 0 Å². The zero-order valence-corrected chi connectivity index (χ0v) is 14.6. The van der Waals surface area contributed by atoms with Crippen LogP contribution in [0.1, 0.15) is 20.8 Å². The van der Waals surface area contributed by atoms with Crippen molar-refractivity contribution in [2.24, 2.45) is 0 Å². The maximum atomic E-state index is 4.76. The van der Waals surface area contributed by atoms with Gasteiger partial charge in [-0.25, -0.2) is 4.98 Å². The predicted octanol–water partition coefficient (Wildman–Crippen LogP) is 5.87. The van der Waals surface area contributed by atoms with E-state index in [1.54, 1.807) is 0 Å². The van der Waals surface area contributed by atoms with Crippen molar-refractivity contribution in [3.63, 3.8) is 0 Å². The summed E-state index contributed by atoms with van der Waals surface area (Å²) in [4.78, 5) is 4.76. The number of pyridine rings is 1. The number of halogens is 1. The van der Waals surface area contributed by atoms with Crippen LogP contribution in [-0.2, 0) is 0 Å². The number of anilines is 1. The highest BCUT2D eigenvalue weighted by atomic mass is 79.9. The van der Waals surface area contributed by atoms with Crippen molar-refractivity contribution in [3.05, 3.63) is 59.1 Å². The molecule has 0 fully saturated rings. The molecule has 2 aromatic carbocycles. The van der Waals surface area contributed by atoms with Gasteiger partial charge in [-0.05, 0) is 56.2 Å². The summed E-state index contributed by atoms with van der Waals surface area (Å²) in [6.45, 7) is 6.42. The molecular weight excluding hydrogens is 336 g/mol. The molecule has 0 radical (unpaired) electrons. The Kier molecular flexibility index (Phi) is 3.92. The summed E-state index contributed by atoms with van der Waals surface area (Å²) < 4.78 is 1.07. The molecule has 1 N–H and O–H groups in total. The SMILES string of the molecule is CC(C)(C)Nc1cc(-c2ccccc2)c2cc(Br)ccc2n1. The standard InChI is InChI=1S/C19H19BrN2/c1-19(2,3)22-18-12-15(13-7-5-4-6-8-13)16-11-14(20)9-10-17(16)21-18/h4-12H,1-3H3,(H,21,22). The summed E-state index contributed by atoms with van der Waals surface area (Å²) in [5.74, 6) is 0.904. The van der Waals surface area contributed by atoms with Crippen LogP contribution in [0.2, 0.25) is 0 Å². The number of rotatable bonds is 2. The average Bonchev–Trinajstić information content (AvgIpc) is 2.46. The van der Waals surface area contributed by atoms with Crippen molar-refractivity contribution in [2.45, 2.75) is 26.3 Å². The highest BCUT2D eigenvalue weighted by molar-refractivity contribution is 9.10. The van der Waals surface area contributed by atoms with Crippen LogP contribution in [0, 0.1) is 0 Å². The lowest BCUT2D eigenvalue weighted by Crippen LogP contribution is -2.26. The highest BCUT2D eigenvalue weighted by Gasteiger charge is 2.13. The molecular formula is C19H19BrN2. The van der Waals surface area contributed by atoms with Gasteiger partial charge in [0, 0.05) is 15.4 Å². The summed E-state index contributed by atoms with van der Waals surface area (Å²) in [5.41, 5.74) is 3.36. The molecule has 0 saturated carbocycles. The van der Waals surface area contributed by atoms with Crippen LogP contribution >= 0.6 is 15.9 Å². The molecule has 0 aliphatic carbocycles. The Balaban J connectivity index is 2.24. The molecule has 0 aliphatic heterocycles. The average molecular weight is 355 g/mol. The molecule has 3 heteroatoms. The molecule has 3 aromatic rings. The maximum absolute atomic E-state index is 4.76. The third-order valence-electron chi connectivity index (χ3n) is 3.36. The zero-order chi connectivity index (χ0) is 15.7. The van der Waals surface area contributed by atoms with E-state index in [1.165, 1.54) is 11.1 Å². The van der Waals surface area contributed by atoms with Crippen LogP contribution in [0.5, 0.6) is 0 Å². The Morgan fingerprint density at radius 2 is 1.68 bits per heavy atom. The first-order valence-corrected chi connectivity index (χ1v) is 8.16. The summed E-state index contributed by atoms with van der Waals surface area (Å²) in [5, 5.41) is 4.63. The van der Waals surface area contributed by atoms with Gasteiger partial charge in [-0.1, -0.05) is 46.3 Å². The van der Waals surface area contributed by atoms with Gasteiger partial charge in [-0.2, -0.15) is 0 Å². The minimum absolute atomic E-state index is 0.0238. The Hall–Kier alpha value is -1.87. The molecule has 3 rings (SSSR count). The van der Waals surface area contributed by atoms with Gasteiger partial charge in [-0.3, -0.25) is 0 Å². The van der Waals surface area contributed by atoms with E-state index in [-0.39, 0.29) is 5.54 Å². The van der Waals surface area contributed by atoms with E-state index in [2.05, 4.69) is 84.5 Å². The molecule has 0 amide bonds. The van der Waals surface area contributed by atoms with Gasteiger partial charge in [-0.15, -0.1) is 0 Å². The number of benzene rings is 2. The van der Waals surface area contributed by atoms with Gasteiger partial charge < -0.3 is 5.32 Å². The first-order valence-electron chi connectivity index (χ1n) is 7.36. The second kappa shape index (κ2) is 5.73.